The summed E-state index contributed by atoms with van der Waals surface area (Å²) in [7, 11) is 0. The number of amides is 1. The van der Waals surface area contributed by atoms with Crippen molar-refractivity contribution in [2.75, 3.05) is 17.0 Å². The molecule has 20 heavy (non-hydrogen) atoms. The average molecular weight is 287 g/mol. The summed E-state index contributed by atoms with van der Waals surface area (Å²) in [6.07, 6.45) is 2.01. The normalized spacial score (nSPS) is 10.2. The Morgan fingerprint density at radius 3 is 2.45 bits per heavy atom. The highest BCUT2D eigenvalue weighted by molar-refractivity contribution is 7.98. The number of nitrogens with two attached hydrogens (primary N) is 1. The van der Waals surface area contributed by atoms with Gasteiger partial charge in [0.25, 0.3) is 5.91 Å². The number of benzene rings is 2. The molecule has 0 saturated carbocycles. The number of hydrogen-bond acceptors (Lipinski definition) is 4. The maximum Gasteiger partial charge on any atom is 0.257 e. The second-order valence-corrected chi connectivity index (χ2v) is 5.26. The summed E-state index contributed by atoms with van der Waals surface area (Å²) in [5.74, 6) is 5.27. The fourth-order valence-electron chi connectivity index (χ4n) is 1.85. The maximum absolute atomic E-state index is 12.2. The van der Waals surface area contributed by atoms with Gasteiger partial charge in [-0.1, -0.05) is 6.07 Å². The quantitative estimate of drug-likeness (QED) is 0.459. The lowest BCUT2D eigenvalue weighted by atomic mass is 10.1. The van der Waals surface area contributed by atoms with Crippen molar-refractivity contribution < 1.29 is 4.79 Å². The Balaban J connectivity index is 2.19. The van der Waals surface area contributed by atoms with Crippen molar-refractivity contribution in [1.29, 1.82) is 0 Å². The molecule has 0 aliphatic heterocycles. The molecule has 4 N–H and O–H groups in total. The van der Waals surface area contributed by atoms with Crippen LogP contribution in [0.5, 0.6) is 0 Å². The standard InChI is InChI=1S/C15H17N3OS/c1-10-3-8-13(14(9-10)18-16)15(19)17-11-4-6-12(20-2)7-5-11/h3-9,18H,16H2,1-2H3,(H,17,19). The minimum absolute atomic E-state index is 0.185. The summed E-state index contributed by atoms with van der Waals surface area (Å²) in [6, 6.07) is 13.2. The summed E-state index contributed by atoms with van der Waals surface area (Å²) >= 11 is 1.66. The van der Waals surface area contributed by atoms with Crippen LogP contribution in [-0.4, -0.2) is 12.2 Å². The average Bonchev–Trinajstić information content (AvgIpc) is 2.47. The second-order valence-electron chi connectivity index (χ2n) is 4.38. The van der Waals surface area contributed by atoms with Gasteiger partial charge in [-0.15, -0.1) is 11.8 Å². The lowest BCUT2D eigenvalue weighted by molar-refractivity contribution is 0.102. The van der Waals surface area contributed by atoms with E-state index in [4.69, 9.17) is 5.84 Å². The number of thioether (sulfide) groups is 1. The van der Waals surface area contributed by atoms with E-state index in [1.807, 2.05) is 49.6 Å². The van der Waals surface area contributed by atoms with Gasteiger partial charge in [0.1, 0.15) is 0 Å². The van der Waals surface area contributed by atoms with Crippen LogP contribution in [0.1, 0.15) is 15.9 Å². The number of carbonyl (C=O) groups is 1. The van der Waals surface area contributed by atoms with Gasteiger partial charge in [0.15, 0.2) is 0 Å². The zero-order valence-corrected chi connectivity index (χ0v) is 12.3. The first-order valence-corrected chi connectivity index (χ1v) is 7.39. The van der Waals surface area contributed by atoms with Gasteiger partial charge in [-0.2, -0.15) is 0 Å². The first-order valence-electron chi connectivity index (χ1n) is 6.16. The molecule has 2 rings (SSSR count). The number of nitrogens with one attached hydrogen (secondary N) is 2. The molecule has 0 radical (unpaired) electrons. The number of nitrogen functional groups attached to an aromatic ring is 1. The Morgan fingerprint density at radius 2 is 1.85 bits per heavy atom. The van der Waals surface area contributed by atoms with Gasteiger partial charge >= 0.3 is 0 Å². The third-order valence-corrected chi connectivity index (χ3v) is 3.67. The lowest BCUT2D eigenvalue weighted by Gasteiger charge is -2.10. The van der Waals surface area contributed by atoms with E-state index in [0.29, 0.717) is 11.3 Å². The summed E-state index contributed by atoms with van der Waals surface area (Å²) in [5, 5.41) is 2.86. The van der Waals surface area contributed by atoms with Crippen LogP contribution in [0.2, 0.25) is 0 Å². The zero-order chi connectivity index (χ0) is 14.5. The van der Waals surface area contributed by atoms with Crippen LogP contribution in [0.15, 0.2) is 47.4 Å². The van der Waals surface area contributed by atoms with Gasteiger partial charge in [-0.3, -0.25) is 10.6 Å². The first-order chi connectivity index (χ1) is 9.63. The van der Waals surface area contributed by atoms with Crippen LogP contribution in [0, 0.1) is 6.92 Å². The van der Waals surface area contributed by atoms with Crippen LogP contribution in [0.3, 0.4) is 0 Å². The van der Waals surface area contributed by atoms with E-state index < -0.39 is 0 Å². The number of anilines is 2. The molecule has 0 heterocycles. The van der Waals surface area contributed by atoms with Crippen molar-refractivity contribution in [1.82, 2.24) is 0 Å². The molecule has 0 unspecified atom stereocenters. The van der Waals surface area contributed by atoms with Crippen LogP contribution >= 0.6 is 11.8 Å². The van der Waals surface area contributed by atoms with Crippen molar-refractivity contribution in [2.45, 2.75) is 11.8 Å². The Bertz CT molecular complexity index is 611. The fourth-order valence-corrected chi connectivity index (χ4v) is 2.26. The number of aryl methyl sites for hydroxylation is 1. The predicted molar refractivity (Wildman–Crippen MR) is 85.2 cm³/mol. The molecule has 104 valence electrons. The summed E-state index contributed by atoms with van der Waals surface area (Å²) in [4.78, 5) is 13.4. The van der Waals surface area contributed by atoms with Crippen molar-refractivity contribution in [3.05, 3.63) is 53.6 Å². The molecule has 5 heteroatoms. The number of carbonyl (C=O) groups excluding carboxylic acids is 1. The highest BCUT2D eigenvalue weighted by Gasteiger charge is 2.11. The number of rotatable bonds is 4. The molecule has 2 aromatic carbocycles. The molecular weight excluding hydrogens is 270 g/mol. The minimum Gasteiger partial charge on any atom is -0.323 e. The van der Waals surface area contributed by atoms with Crippen LogP contribution in [-0.2, 0) is 0 Å². The molecule has 1 amide bonds. The SMILES string of the molecule is CSc1ccc(NC(=O)c2ccc(C)cc2NN)cc1. The molecule has 0 bridgehead atoms. The molecule has 0 fully saturated rings. The van der Waals surface area contributed by atoms with Gasteiger partial charge < -0.3 is 10.7 Å². The van der Waals surface area contributed by atoms with E-state index in [1.165, 1.54) is 0 Å². The van der Waals surface area contributed by atoms with Gasteiger partial charge in [0.05, 0.1) is 11.3 Å². The Labute approximate surface area is 122 Å². The monoisotopic (exact) mass is 287 g/mol. The van der Waals surface area contributed by atoms with E-state index in [9.17, 15) is 4.79 Å². The molecule has 0 atom stereocenters. The van der Waals surface area contributed by atoms with Crippen molar-refractivity contribution >= 4 is 29.0 Å². The molecule has 2 aromatic rings. The van der Waals surface area contributed by atoms with Gasteiger partial charge in [0, 0.05) is 10.6 Å². The first kappa shape index (κ1) is 14.4. The minimum atomic E-state index is -0.185. The third kappa shape index (κ3) is 3.31. The van der Waals surface area contributed by atoms with Crippen molar-refractivity contribution in [2.24, 2.45) is 5.84 Å². The lowest BCUT2D eigenvalue weighted by Crippen LogP contribution is -2.17. The topological polar surface area (TPSA) is 67.2 Å². The largest absolute Gasteiger partial charge is 0.323 e. The van der Waals surface area contributed by atoms with Crippen LogP contribution < -0.4 is 16.6 Å². The zero-order valence-electron chi connectivity index (χ0n) is 11.4. The number of hydrazine groups is 1. The molecular formula is C15H17N3OS. The van der Waals surface area contributed by atoms with E-state index in [-0.39, 0.29) is 5.91 Å². The molecule has 0 aromatic heterocycles. The van der Waals surface area contributed by atoms with Crippen LogP contribution in [0.25, 0.3) is 0 Å². The predicted octanol–water partition coefficient (Wildman–Crippen LogP) is 3.25. The highest BCUT2D eigenvalue weighted by atomic mass is 32.2. The molecule has 0 saturated heterocycles. The third-order valence-electron chi connectivity index (χ3n) is 2.92. The van der Waals surface area contributed by atoms with Gasteiger partial charge in [-0.25, -0.2) is 0 Å². The molecule has 0 spiro atoms. The fraction of sp³-hybridized carbons (Fsp3) is 0.133. The second kappa shape index (κ2) is 6.45. The Kier molecular flexibility index (Phi) is 4.65. The Morgan fingerprint density at radius 1 is 1.15 bits per heavy atom. The maximum atomic E-state index is 12.2. The van der Waals surface area contributed by atoms with Crippen molar-refractivity contribution in [3.63, 3.8) is 0 Å². The molecule has 4 nitrogen and oxygen atoms in total. The summed E-state index contributed by atoms with van der Waals surface area (Å²) < 4.78 is 0. The van der Waals surface area contributed by atoms with Crippen LogP contribution in [0.4, 0.5) is 11.4 Å². The summed E-state index contributed by atoms with van der Waals surface area (Å²) in [6.45, 7) is 1.95. The Hall–Kier alpha value is -1.98. The van der Waals surface area contributed by atoms with E-state index in [2.05, 4.69) is 10.7 Å². The van der Waals surface area contributed by atoms with E-state index >= 15 is 0 Å². The van der Waals surface area contributed by atoms with Crippen molar-refractivity contribution in [3.8, 4) is 0 Å². The number of hydrogen-bond donors (Lipinski definition) is 3. The van der Waals surface area contributed by atoms with E-state index in [1.54, 1.807) is 17.8 Å². The molecule has 0 aliphatic rings. The molecule has 0 aliphatic carbocycles. The van der Waals surface area contributed by atoms with Gasteiger partial charge in [-0.05, 0) is 55.1 Å². The highest BCUT2D eigenvalue weighted by Crippen LogP contribution is 2.20. The van der Waals surface area contributed by atoms with Gasteiger partial charge in [0.2, 0.25) is 0 Å². The summed E-state index contributed by atoms with van der Waals surface area (Å²) in [5.41, 5.74) is 5.49. The smallest absolute Gasteiger partial charge is 0.257 e. The van der Waals surface area contributed by atoms with E-state index in [0.717, 1.165) is 16.1 Å².